The fourth-order valence-electron chi connectivity index (χ4n) is 2.31. The Bertz CT molecular complexity index is 725. The van der Waals surface area contributed by atoms with Crippen LogP contribution < -0.4 is 5.32 Å². The van der Waals surface area contributed by atoms with Crippen LogP contribution in [0.2, 0.25) is 0 Å². The number of benzene rings is 1. The molecular formula is C18H22FN3O3. The Morgan fingerprint density at radius 2 is 1.92 bits per heavy atom. The molecule has 1 N–H and O–H groups in total. The van der Waals surface area contributed by atoms with Crippen molar-refractivity contribution in [2.24, 2.45) is 0 Å². The van der Waals surface area contributed by atoms with E-state index in [1.165, 1.54) is 24.3 Å². The first-order chi connectivity index (χ1) is 11.9. The third-order valence-corrected chi connectivity index (χ3v) is 3.62. The highest BCUT2D eigenvalue weighted by Crippen LogP contribution is 2.19. The van der Waals surface area contributed by atoms with E-state index in [2.05, 4.69) is 10.4 Å². The maximum atomic E-state index is 13.1. The number of hydrogen-bond acceptors (Lipinski definition) is 4. The summed E-state index contributed by atoms with van der Waals surface area (Å²) in [5.41, 5.74) is 0.871. The van der Waals surface area contributed by atoms with E-state index in [4.69, 9.17) is 4.74 Å². The summed E-state index contributed by atoms with van der Waals surface area (Å²) in [7, 11) is 0. The Hall–Kier alpha value is -2.70. The quantitative estimate of drug-likeness (QED) is 0.782. The van der Waals surface area contributed by atoms with Crippen LogP contribution in [0.5, 0.6) is 0 Å². The number of nitrogens with one attached hydrogen (secondary N) is 1. The van der Waals surface area contributed by atoms with Crippen molar-refractivity contribution in [3.63, 3.8) is 0 Å². The van der Waals surface area contributed by atoms with Crippen molar-refractivity contribution in [1.82, 2.24) is 15.1 Å². The molecule has 0 aliphatic rings. The fourth-order valence-corrected chi connectivity index (χ4v) is 2.31. The van der Waals surface area contributed by atoms with Gasteiger partial charge in [0.2, 0.25) is 0 Å². The minimum Gasteiger partial charge on any atom is -0.466 e. The first-order valence-electron chi connectivity index (χ1n) is 8.17. The molecule has 0 bridgehead atoms. The average molecular weight is 347 g/mol. The van der Waals surface area contributed by atoms with Gasteiger partial charge in [-0.15, -0.1) is 0 Å². The number of aromatic nitrogens is 2. The monoisotopic (exact) mass is 347 g/mol. The summed E-state index contributed by atoms with van der Waals surface area (Å²) in [5, 5.41) is 6.99. The second kappa shape index (κ2) is 8.41. The van der Waals surface area contributed by atoms with Gasteiger partial charge in [0.1, 0.15) is 11.5 Å². The standard InChI is InChI=1S/C18H22FN3O3/c1-4-25-17(23)11-16(13-5-7-14(19)8-6-13)20-18(24)15-9-10-22(21-15)12(2)3/h5-10,12,16H,4,11H2,1-3H3,(H,20,24). The number of halogens is 1. The Labute approximate surface area is 146 Å². The Morgan fingerprint density at radius 1 is 1.24 bits per heavy atom. The summed E-state index contributed by atoms with van der Waals surface area (Å²) >= 11 is 0. The lowest BCUT2D eigenvalue weighted by Gasteiger charge is -2.18. The van der Waals surface area contributed by atoms with Gasteiger partial charge in [-0.1, -0.05) is 12.1 Å². The second-order valence-electron chi connectivity index (χ2n) is 5.86. The molecule has 1 amide bonds. The summed E-state index contributed by atoms with van der Waals surface area (Å²) in [5.74, 6) is -1.23. The van der Waals surface area contributed by atoms with Gasteiger partial charge in [0.25, 0.3) is 5.91 Å². The van der Waals surface area contributed by atoms with Crippen molar-refractivity contribution in [2.45, 2.75) is 39.3 Å². The molecule has 0 radical (unpaired) electrons. The highest BCUT2D eigenvalue weighted by Gasteiger charge is 2.21. The maximum Gasteiger partial charge on any atom is 0.308 e. The molecular weight excluding hydrogens is 325 g/mol. The van der Waals surface area contributed by atoms with E-state index in [9.17, 15) is 14.0 Å². The summed E-state index contributed by atoms with van der Waals surface area (Å²) in [4.78, 5) is 24.3. The zero-order chi connectivity index (χ0) is 18.4. The van der Waals surface area contributed by atoms with Crippen molar-refractivity contribution in [3.05, 3.63) is 53.6 Å². The van der Waals surface area contributed by atoms with Crippen LogP contribution in [0.4, 0.5) is 4.39 Å². The second-order valence-corrected chi connectivity index (χ2v) is 5.86. The molecule has 1 atom stereocenters. The molecule has 2 rings (SSSR count). The summed E-state index contributed by atoms with van der Waals surface area (Å²) in [6.45, 7) is 5.87. The van der Waals surface area contributed by atoms with Crippen LogP contribution in [0.15, 0.2) is 36.5 Å². The van der Waals surface area contributed by atoms with Crippen LogP contribution >= 0.6 is 0 Å². The van der Waals surface area contributed by atoms with Crippen LogP contribution in [0, 0.1) is 5.82 Å². The zero-order valence-corrected chi connectivity index (χ0v) is 14.5. The third-order valence-electron chi connectivity index (χ3n) is 3.62. The first kappa shape index (κ1) is 18.6. The molecule has 134 valence electrons. The van der Waals surface area contributed by atoms with E-state index >= 15 is 0 Å². The molecule has 1 aromatic carbocycles. The van der Waals surface area contributed by atoms with E-state index in [1.807, 2.05) is 13.8 Å². The highest BCUT2D eigenvalue weighted by molar-refractivity contribution is 5.92. The van der Waals surface area contributed by atoms with Crippen molar-refractivity contribution in [2.75, 3.05) is 6.61 Å². The molecule has 0 spiro atoms. The lowest BCUT2D eigenvalue weighted by molar-refractivity contribution is -0.143. The molecule has 2 aromatic rings. The molecule has 25 heavy (non-hydrogen) atoms. The molecule has 1 aromatic heterocycles. The number of nitrogens with zero attached hydrogens (tertiary/aromatic N) is 2. The van der Waals surface area contributed by atoms with E-state index in [0.717, 1.165) is 0 Å². The number of carbonyl (C=O) groups excluding carboxylic acids is 2. The van der Waals surface area contributed by atoms with Gasteiger partial charge in [0, 0.05) is 12.2 Å². The molecule has 1 unspecified atom stereocenters. The van der Waals surface area contributed by atoms with E-state index in [1.54, 1.807) is 23.9 Å². The number of amides is 1. The summed E-state index contributed by atoms with van der Waals surface area (Å²) < 4.78 is 19.8. The summed E-state index contributed by atoms with van der Waals surface area (Å²) in [6.07, 6.45) is 1.67. The van der Waals surface area contributed by atoms with Gasteiger partial charge in [0.05, 0.1) is 19.1 Å². The number of hydrogen-bond donors (Lipinski definition) is 1. The fraction of sp³-hybridized carbons (Fsp3) is 0.389. The predicted octanol–water partition coefficient (Wildman–Crippen LogP) is 3.03. The van der Waals surface area contributed by atoms with Crippen molar-refractivity contribution < 1.29 is 18.7 Å². The molecule has 1 heterocycles. The van der Waals surface area contributed by atoms with Gasteiger partial charge in [-0.25, -0.2) is 4.39 Å². The maximum absolute atomic E-state index is 13.1. The van der Waals surface area contributed by atoms with Crippen LogP contribution in [0.3, 0.4) is 0 Å². The minimum absolute atomic E-state index is 0.0455. The first-order valence-corrected chi connectivity index (χ1v) is 8.17. The lowest BCUT2D eigenvalue weighted by atomic mass is 10.0. The minimum atomic E-state index is -0.628. The van der Waals surface area contributed by atoms with Gasteiger partial charge in [0.15, 0.2) is 0 Å². The lowest BCUT2D eigenvalue weighted by Crippen LogP contribution is -2.31. The molecule has 0 aliphatic heterocycles. The summed E-state index contributed by atoms with van der Waals surface area (Å²) in [6, 6.07) is 6.76. The molecule has 7 heteroatoms. The van der Waals surface area contributed by atoms with Gasteiger partial charge in [-0.3, -0.25) is 14.3 Å². The average Bonchev–Trinajstić information content (AvgIpc) is 3.05. The normalized spacial score (nSPS) is 12.0. The number of esters is 1. The van der Waals surface area contributed by atoms with Crippen LogP contribution in [0.1, 0.15) is 55.3 Å². The zero-order valence-electron chi connectivity index (χ0n) is 14.5. The number of rotatable bonds is 7. The Balaban J connectivity index is 2.17. The van der Waals surface area contributed by atoms with E-state index < -0.39 is 17.9 Å². The third kappa shape index (κ3) is 5.14. The van der Waals surface area contributed by atoms with Gasteiger partial charge in [-0.05, 0) is 44.5 Å². The van der Waals surface area contributed by atoms with Crippen LogP contribution in [-0.4, -0.2) is 28.3 Å². The number of ether oxygens (including phenoxy) is 1. The van der Waals surface area contributed by atoms with E-state index in [0.29, 0.717) is 5.56 Å². The van der Waals surface area contributed by atoms with Gasteiger partial charge in [-0.2, -0.15) is 5.10 Å². The Morgan fingerprint density at radius 3 is 2.48 bits per heavy atom. The topological polar surface area (TPSA) is 73.2 Å². The smallest absolute Gasteiger partial charge is 0.308 e. The SMILES string of the molecule is CCOC(=O)CC(NC(=O)c1ccn(C(C)C)n1)c1ccc(F)cc1. The van der Waals surface area contributed by atoms with Crippen molar-refractivity contribution >= 4 is 11.9 Å². The van der Waals surface area contributed by atoms with Gasteiger partial charge < -0.3 is 10.1 Å². The molecule has 0 saturated carbocycles. The van der Waals surface area contributed by atoms with Gasteiger partial charge >= 0.3 is 5.97 Å². The van der Waals surface area contributed by atoms with Crippen LogP contribution in [0.25, 0.3) is 0 Å². The molecule has 6 nitrogen and oxygen atoms in total. The Kier molecular flexibility index (Phi) is 6.27. The van der Waals surface area contributed by atoms with Crippen molar-refractivity contribution in [1.29, 1.82) is 0 Å². The van der Waals surface area contributed by atoms with Crippen LogP contribution in [-0.2, 0) is 9.53 Å². The molecule has 0 saturated heterocycles. The van der Waals surface area contributed by atoms with Crippen molar-refractivity contribution in [3.8, 4) is 0 Å². The predicted molar refractivity (Wildman–Crippen MR) is 90.5 cm³/mol. The molecule has 0 fully saturated rings. The largest absolute Gasteiger partial charge is 0.466 e. The molecule has 0 aliphatic carbocycles. The van der Waals surface area contributed by atoms with E-state index in [-0.39, 0.29) is 30.6 Å². The highest BCUT2D eigenvalue weighted by atomic mass is 19.1. The number of carbonyl (C=O) groups is 2.